The van der Waals surface area contributed by atoms with Gasteiger partial charge in [-0.2, -0.15) is 0 Å². The first-order valence-corrected chi connectivity index (χ1v) is 8.43. The molecular weight excluding hydrogens is 282 g/mol. The SMILES string of the molecule is CCCNC(c1ccccc1)c1nnc(C2CCCO2)s1. The van der Waals surface area contributed by atoms with Gasteiger partial charge in [0, 0.05) is 6.61 Å². The van der Waals surface area contributed by atoms with E-state index >= 15 is 0 Å². The molecule has 2 atom stereocenters. The van der Waals surface area contributed by atoms with Gasteiger partial charge in [-0.25, -0.2) is 0 Å². The maximum atomic E-state index is 5.71. The molecule has 21 heavy (non-hydrogen) atoms. The molecule has 5 heteroatoms. The van der Waals surface area contributed by atoms with Crippen LogP contribution in [0.2, 0.25) is 0 Å². The smallest absolute Gasteiger partial charge is 0.146 e. The first-order chi connectivity index (χ1) is 10.4. The van der Waals surface area contributed by atoms with Gasteiger partial charge in [-0.1, -0.05) is 48.6 Å². The number of nitrogens with one attached hydrogen (secondary N) is 1. The highest BCUT2D eigenvalue weighted by atomic mass is 32.1. The van der Waals surface area contributed by atoms with Gasteiger partial charge in [0.1, 0.15) is 16.1 Å². The van der Waals surface area contributed by atoms with E-state index in [1.165, 1.54) is 5.56 Å². The van der Waals surface area contributed by atoms with Crippen LogP contribution in [0.3, 0.4) is 0 Å². The van der Waals surface area contributed by atoms with E-state index in [4.69, 9.17) is 4.74 Å². The molecule has 1 aromatic heterocycles. The van der Waals surface area contributed by atoms with Crippen LogP contribution in [0.4, 0.5) is 0 Å². The van der Waals surface area contributed by atoms with Gasteiger partial charge in [-0.05, 0) is 31.4 Å². The van der Waals surface area contributed by atoms with Gasteiger partial charge in [0.05, 0.1) is 6.04 Å². The van der Waals surface area contributed by atoms with Crippen LogP contribution in [0.5, 0.6) is 0 Å². The highest BCUT2D eigenvalue weighted by molar-refractivity contribution is 7.11. The standard InChI is InChI=1S/C16H21N3OS/c1-2-10-17-14(12-7-4-3-5-8-12)16-19-18-15(21-16)13-9-6-11-20-13/h3-5,7-8,13-14,17H,2,6,9-11H2,1H3. The minimum atomic E-state index is 0.124. The van der Waals surface area contributed by atoms with E-state index in [0.717, 1.165) is 42.4 Å². The average molecular weight is 303 g/mol. The second kappa shape index (κ2) is 7.11. The number of hydrogen-bond donors (Lipinski definition) is 1. The van der Waals surface area contributed by atoms with Crippen molar-refractivity contribution in [2.45, 2.75) is 38.3 Å². The Morgan fingerprint density at radius 1 is 1.33 bits per heavy atom. The Balaban J connectivity index is 1.82. The van der Waals surface area contributed by atoms with E-state index in [9.17, 15) is 0 Å². The molecule has 1 aliphatic heterocycles. The third kappa shape index (κ3) is 3.48. The predicted molar refractivity (Wildman–Crippen MR) is 84.4 cm³/mol. The second-order valence-corrected chi connectivity index (χ2v) is 6.32. The van der Waals surface area contributed by atoms with E-state index in [1.54, 1.807) is 11.3 Å². The van der Waals surface area contributed by atoms with Crippen molar-refractivity contribution < 1.29 is 4.74 Å². The lowest BCUT2D eigenvalue weighted by atomic mass is 10.1. The quantitative estimate of drug-likeness (QED) is 0.887. The average Bonchev–Trinajstić information content (AvgIpc) is 3.20. The van der Waals surface area contributed by atoms with Crippen molar-refractivity contribution in [3.05, 3.63) is 45.9 Å². The van der Waals surface area contributed by atoms with E-state index in [1.807, 2.05) is 6.07 Å². The fourth-order valence-electron chi connectivity index (χ4n) is 2.55. The summed E-state index contributed by atoms with van der Waals surface area (Å²) < 4.78 is 5.71. The lowest BCUT2D eigenvalue weighted by Crippen LogP contribution is -2.23. The monoisotopic (exact) mass is 303 g/mol. The van der Waals surface area contributed by atoms with Gasteiger partial charge in [-0.15, -0.1) is 10.2 Å². The molecule has 3 rings (SSSR count). The summed E-state index contributed by atoms with van der Waals surface area (Å²) in [4.78, 5) is 0. The zero-order valence-corrected chi connectivity index (χ0v) is 13.1. The molecule has 0 radical (unpaired) electrons. The Kier molecular flexibility index (Phi) is 4.95. The molecule has 0 bridgehead atoms. The number of benzene rings is 1. The van der Waals surface area contributed by atoms with Crippen molar-refractivity contribution in [2.75, 3.05) is 13.2 Å². The molecule has 0 aliphatic carbocycles. The Hall–Kier alpha value is -1.30. The fraction of sp³-hybridized carbons (Fsp3) is 0.500. The minimum absolute atomic E-state index is 0.124. The van der Waals surface area contributed by atoms with Crippen LogP contribution in [-0.4, -0.2) is 23.3 Å². The summed E-state index contributed by atoms with van der Waals surface area (Å²) in [6.07, 6.45) is 3.43. The number of nitrogens with zero attached hydrogens (tertiary/aromatic N) is 2. The first-order valence-electron chi connectivity index (χ1n) is 7.61. The summed E-state index contributed by atoms with van der Waals surface area (Å²) >= 11 is 1.67. The Morgan fingerprint density at radius 2 is 2.19 bits per heavy atom. The van der Waals surface area contributed by atoms with Crippen LogP contribution in [0, 0.1) is 0 Å². The van der Waals surface area contributed by atoms with E-state index in [0.29, 0.717) is 0 Å². The molecule has 112 valence electrons. The van der Waals surface area contributed by atoms with Crippen molar-refractivity contribution in [2.24, 2.45) is 0 Å². The zero-order chi connectivity index (χ0) is 14.5. The van der Waals surface area contributed by atoms with Gasteiger partial charge < -0.3 is 10.1 Å². The predicted octanol–water partition coefficient (Wildman–Crippen LogP) is 3.48. The van der Waals surface area contributed by atoms with Gasteiger partial charge in [0.15, 0.2) is 0 Å². The van der Waals surface area contributed by atoms with Crippen molar-refractivity contribution in [3.8, 4) is 0 Å². The summed E-state index contributed by atoms with van der Waals surface area (Å²) in [6.45, 7) is 3.98. The Labute approximate surface area is 129 Å². The Morgan fingerprint density at radius 3 is 2.90 bits per heavy atom. The second-order valence-electron chi connectivity index (χ2n) is 5.28. The van der Waals surface area contributed by atoms with Crippen LogP contribution in [0.1, 0.15) is 53.9 Å². The van der Waals surface area contributed by atoms with Gasteiger partial charge >= 0.3 is 0 Å². The fourth-order valence-corrected chi connectivity index (χ4v) is 3.58. The summed E-state index contributed by atoms with van der Waals surface area (Å²) in [5.74, 6) is 0. The van der Waals surface area contributed by atoms with Crippen LogP contribution in [-0.2, 0) is 4.74 Å². The molecule has 1 aliphatic rings. The number of aromatic nitrogens is 2. The van der Waals surface area contributed by atoms with Gasteiger partial charge in [-0.3, -0.25) is 0 Å². The molecule has 2 heterocycles. The molecule has 1 aromatic carbocycles. The third-order valence-electron chi connectivity index (χ3n) is 3.64. The summed E-state index contributed by atoms with van der Waals surface area (Å²) in [5.41, 5.74) is 1.24. The van der Waals surface area contributed by atoms with Crippen LogP contribution >= 0.6 is 11.3 Å². The van der Waals surface area contributed by atoms with Crippen LogP contribution in [0.25, 0.3) is 0 Å². The maximum absolute atomic E-state index is 5.71. The maximum Gasteiger partial charge on any atom is 0.146 e. The molecular formula is C16H21N3OS. The molecule has 2 aromatic rings. The summed E-state index contributed by atoms with van der Waals surface area (Å²) in [5, 5.41) is 14.4. The van der Waals surface area contributed by atoms with Crippen LogP contribution < -0.4 is 5.32 Å². The third-order valence-corrected chi connectivity index (χ3v) is 4.72. The van der Waals surface area contributed by atoms with Crippen LogP contribution in [0.15, 0.2) is 30.3 Å². The molecule has 1 N–H and O–H groups in total. The van der Waals surface area contributed by atoms with Gasteiger partial charge in [0.2, 0.25) is 0 Å². The van der Waals surface area contributed by atoms with E-state index in [2.05, 4.69) is 46.7 Å². The lowest BCUT2D eigenvalue weighted by molar-refractivity contribution is 0.111. The van der Waals surface area contributed by atoms with Crippen molar-refractivity contribution in [3.63, 3.8) is 0 Å². The lowest BCUT2D eigenvalue weighted by Gasteiger charge is -2.15. The largest absolute Gasteiger partial charge is 0.371 e. The number of ether oxygens (including phenoxy) is 1. The zero-order valence-electron chi connectivity index (χ0n) is 12.3. The van der Waals surface area contributed by atoms with Gasteiger partial charge in [0.25, 0.3) is 0 Å². The molecule has 0 amide bonds. The number of rotatable bonds is 6. The highest BCUT2D eigenvalue weighted by Crippen LogP contribution is 2.33. The molecule has 2 unspecified atom stereocenters. The van der Waals surface area contributed by atoms with E-state index < -0.39 is 0 Å². The van der Waals surface area contributed by atoms with Crippen molar-refractivity contribution in [1.29, 1.82) is 0 Å². The number of hydrogen-bond acceptors (Lipinski definition) is 5. The highest BCUT2D eigenvalue weighted by Gasteiger charge is 2.24. The van der Waals surface area contributed by atoms with Crippen molar-refractivity contribution in [1.82, 2.24) is 15.5 Å². The van der Waals surface area contributed by atoms with Crippen molar-refractivity contribution >= 4 is 11.3 Å². The normalized spacial score (nSPS) is 19.8. The summed E-state index contributed by atoms with van der Waals surface area (Å²) in [7, 11) is 0. The molecule has 0 spiro atoms. The Bertz CT molecular complexity index is 552. The molecule has 0 saturated carbocycles. The molecule has 1 fully saturated rings. The molecule has 4 nitrogen and oxygen atoms in total. The topological polar surface area (TPSA) is 47.0 Å². The summed E-state index contributed by atoms with van der Waals surface area (Å²) in [6, 6.07) is 10.6. The first kappa shape index (κ1) is 14.6. The minimum Gasteiger partial charge on any atom is -0.371 e. The van der Waals surface area contributed by atoms with E-state index in [-0.39, 0.29) is 12.1 Å². The molecule has 1 saturated heterocycles.